The first kappa shape index (κ1) is 17.9. The summed E-state index contributed by atoms with van der Waals surface area (Å²) in [6.45, 7) is 0. The van der Waals surface area contributed by atoms with Gasteiger partial charge in [-0.2, -0.15) is 0 Å². The van der Waals surface area contributed by atoms with E-state index in [2.05, 4.69) is 20.4 Å². The molecular formula is C18H16ClN3O4. The van der Waals surface area contributed by atoms with Crippen molar-refractivity contribution in [3.05, 3.63) is 58.4 Å². The number of hydrogen-bond donors (Lipinski definition) is 2. The molecule has 26 heavy (non-hydrogen) atoms. The molecule has 2 N–H and O–H groups in total. The number of anilines is 1. The fourth-order valence-corrected chi connectivity index (χ4v) is 2.41. The van der Waals surface area contributed by atoms with Gasteiger partial charge in [-0.05, 0) is 37.1 Å². The first-order chi connectivity index (χ1) is 12.5. The van der Waals surface area contributed by atoms with Crippen LogP contribution in [0, 0.1) is 0 Å². The van der Waals surface area contributed by atoms with E-state index in [1.54, 1.807) is 0 Å². The summed E-state index contributed by atoms with van der Waals surface area (Å²) in [6, 6.07) is 6.07. The first-order valence-corrected chi connectivity index (χ1v) is 8.31. The predicted octanol–water partition coefficient (Wildman–Crippen LogP) is 2.67. The molecular weight excluding hydrogens is 358 g/mol. The molecule has 3 rings (SSSR count). The highest BCUT2D eigenvalue weighted by Crippen LogP contribution is 2.24. The Kier molecular flexibility index (Phi) is 5.18. The van der Waals surface area contributed by atoms with Crippen LogP contribution in [0.1, 0.15) is 43.9 Å². The predicted molar refractivity (Wildman–Crippen MR) is 95.5 cm³/mol. The van der Waals surface area contributed by atoms with Crippen LogP contribution in [0.5, 0.6) is 0 Å². The lowest BCUT2D eigenvalue weighted by Crippen LogP contribution is -2.26. The van der Waals surface area contributed by atoms with Crippen LogP contribution in [-0.2, 0) is 4.74 Å². The molecule has 1 aliphatic carbocycles. The zero-order valence-corrected chi connectivity index (χ0v) is 14.7. The molecule has 2 aromatic rings. The van der Waals surface area contributed by atoms with E-state index in [0.29, 0.717) is 5.56 Å². The van der Waals surface area contributed by atoms with E-state index in [4.69, 9.17) is 11.6 Å². The van der Waals surface area contributed by atoms with Gasteiger partial charge in [-0.1, -0.05) is 11.6 Å². The number of aromatic nitrogens is 1. The maximum absolute atomic E-state index is 12.5. The molecule has 0 atom stereocenters. The lowest BCUT2D eigenvalue weighted by atomic mass is 10.1. The molecule has 0 bridgehead atoms. The van der Waals surface area contributed by atoms with Crippen LogP contribution < -0.4 is 10.6 Å². The second-order valence-electron chi connectivity index (χ2n) is 5.85. The quantitative estimate of drug-likeness (QED) is 0.785. The summed E-state index contributed by atoms with van der Waals surface area (Å²) in [4.78, 5) is 40.1. The molecule has 1 aliphatic rings. The molecule has 0 unspecified atom stereocenters. The average Bonchev–Trinajstić information content (AvgIpc) is 3.46. The Bertz CT molecular complexity index is 880. The second kappa shape index (κ2) is 7.53. The van der Waals surface area contributed by atoms with Crippen LogP contribution in [0.3, 0.4) is 0 Å². The Morgan fingerprint density at radius 2 is 1.77 bits per heavy atom. The lowest BCUT2D eigenvalue weighted by Gasteiger charge is -2.10. The number of amides is 2. The van der Waals surface area contributed by atoms with Gasteiger partial charge < -0.3 is 15.4 Å². The number of carbonyl (C=O) groups excluding carboxylic acids is 3. The van der Waals surface area contributed by atoms with Crippen LogP contribution in [0.4, 0.5) is 5.69 Å². The average molecular weight is 374 g/mol. The SMILES string of the molecule is COC(=O)c1ccc(Cl)c(NC(=O)c2cncc(C(=O)NC3CC3)c2)c1. The zero-order valence-electron chi connectivity index (χ0n) is 13.9. The van der Waals surface area contributed by atoms with Crippen LogP contribution in [0.2, 0.25) is 5.02 Å². The maximum atomic E-state index is 12.5. The van der Waals surface area contributed by atoms with Crippen LogP contribution in [0.25, 0.3) is 0 Å². The van der Waals surface area contributed by atoms with Gasteiger partial charge in [0, 0.05) is 18.4 Å². The van der Waals surface area contributed by atoms with E-state index in [1.807, 2.05) is 0 Å². The number of nitrogens with zero attached hydrogens (tertiary/aromatic N) is 1. The van der Waals surface area contributed by atoms with Crippen LogP contribution >= 0.6 is 11.6 Å². The Labute approximate surface area is 154 Å². The van der Waals surface area contributed by atoms with Gasteiger partial charge in [0.25, 0.3) is 11.8 Å². The van der Waals surface area contributed by atoms with Crippen molar-refractivity contribution >= 4 is 35.1 Å². The Hall–Kier alpha value is -2.93. The van der Waals surface area contributed by atoms with Gasteiger partial charge in [0.2, 0.25) is 0 Å². The van der Waals surface area contributed by atoms with Crippen molar-refractivity contribution in [2.45, 2.75) is 18.9 Å². The largest absolute Gasteiger partial charge is 0.465 e. The zero-order chi connectivity index (χ0) is 18.7. The van der Waals surface area contributed by atoms with Crippen molar-refractivity contribution in [2.24, 2.45) is 0 Å². The molecule has 1 aromatic carbocycles. The summed E-state index contributed by atoms with van der Waals surface area (Å²) in [6.07, 6.45) is 4.68. The summed E-state index contributed by atoms with van der Waals surface area (Å²) in [7, 11) is 1.26. The summed E-state index contributed by atoms with van der Waals surface area (Å²) in [5, 5.41) is 5.72. The highest BCUT2D eigenvalue weighted by molar-refractivity contribution is 6.34. The first-order valence-electron chi connectivity index (χ1n) is 7.93. The van der Waals surface area contributed by atoms with E-state index >= 15 is 0 Å². The smallest absolute Gasteiger partial charge is 0.337 e. The van der Waals surface area contributed by atoms with Gasteiger partial charge in [-0.3, -0.25) is 14.6 Å². The molecule has 0 spiro atoms. The molecule has 1 fully saturated rings. The van der Waals surface area contributed by atoms with E-state index in [1.165, 1.54) is 43.8 Å². The van der Waals surface area contributed by atoms with Gasteiger partial charge in [0.05, 0.1) is 34.5 Å². The Balaban J connectivity index is 1.77. The van der Waals surface area contributed by atoms with Crippen molar-refractivity contribution in [2.75, 3.05) is 12.4 Å². The molecule has 0 aliphatic heterocycles. The fourth-order valence-electron chi connectivity index (χ4n) is 2.25. The second-order valence-corrected chi connectivity index (χ2v) is 6.26. The monoisotopic (exact) mass is 373 g/mol. The van der Waals surface area contributed by atoms with E-state index in [0.717, 1.165) is 12.8 Å². The van der Waals surface area contributed by atoms with Crippen LogP contribution in [-0.4, -0.2) is 35.9 Å². The number of nitrogens with one attached hydrogen (secondary N) is 2. The van der Waals surface area contributed by atoms with Crippen LogP contribution in [0.15, 0.2) is 36.7 Å². The third kappa shape index (κ3) is 4.18. The van der Waals surface area contributed by atoms with Gasteiger partial charge in [0.15, 0.2) is 0 Å². The third-order valence-corrected chi connectivity index (χ3v) is 4.14. The summed E-state index contributed by atoms with van der Waals surface area (Å²) in [5.74, 6) is -1.31. The summed E-state index contributed by atoms with van der Waals surface area (Å²) >= 11 is 6.07. The van der Waals surface area contributed by atoms with Gasteiger partial charge in [-0.15, -0.1) is 0 Å². The maximum Gasteiger partial charge on any atom is 0.337 e. The normalized spacial score (nSPS) is 13.0. The number of methoxy groups -OCH3 is 1. The molecule has 134 valence electrons. The molecule has 0 saturated heterocycles. The molecule has 1 saturated carbocycles. The number of rotatable bonds is 5. The van der Waals surface area contributed by atoms with E-state index < -0.39 is 11.9 Å². The Morgan fingerprint density at radius 1 is 1.08 bits per heavy atom. The van der Waals surface area contributed by atoms with Gasteiger partial charge >= 0.3 is 5.97 Å². The molecule has 1 aromatic heterocycles. The number of ether oxygens (including phenoxy) is 1. The molecule has 0 radical (unpaired) electrons. The number of esters is 1. The van der Waals surface area contributed by atoms with Gasteiger partial charge in [0.1, 0.15) is 0 Å². The van der Waals surface area contributed by atoms with Crippen molar-refractivity contribution in [1.82, 2.24) is 10.3 Å². The van der Waals surface area contributed by atoms with E-state index in [9.17, 15) is 14.4 Å². The van der Waals surface area contributed by atoms with E-state index in [-0.39, 0.29) is 33.8 Å². The molecule has 2 amide bonds. The molecule has 7 nitrogen and oxygen atoms in total. The minimum Gasteiger partial charge on any atom is -0.465 e. The Morgan fingerprint density at radius 3 is 2.42 bits per heavy atom. The highest BCUT2D eigenvalue weighted by Gasteiger charge is 2.24. The highest BCUT2D eigenvalue weighted by atomic mass is 35.5. The van der Waals surface area contributed by atoms with Crippen molar-refractivity contribution in [3.63, 3.8) is 0 Å². The number of pyridine rings is 1. The standard InChI is InChI=1S/C18H16ClN3O4/c1-26-18(25)10-2-5-14(19)15(7-10)22-17(24)12-6-11(8-20-9-12)16(23)21-13-3-4-13/h2,5-9,13H,3-4H2,1H3,(H,21,23)(H,22,24). The molecule has 1 heterocycles. The lowest BCUT2D eigenvalue weighted by molar-refractivity contribution is 0.0600. The summed E-state index contributed by atoms with van der Waals surface area (Å²) < 4.78 is 4.65. The minimum absolute atomic E-state index is 0.202. The van der Waals surface area contributed by atoms with Gasteiger partial charge in [-0.25, -0.2) is 4.79 Å². The van der Waals surface area contributed by atoms with Crippen molar-refractivity contribution < 1.29 is 19.1 Å². The topological polar surface area (TPSA) is 97.4 Å². The third-order valence-electron chi connectivity index (χ3n) is 3.81. The molecule has 8 heteroatoms. The number of halogens is 1. The number of benzene rings is 1. The minimum atomic E-state index is -0.544. The number of carbonyl (C=O) groups is 3. The fraction of sp³-hybridized carbons (Fsp3) is 0.222. The summed E-state index contributed by atoms with van der Waals surface area (Å²) in [5.41, 5.74) is 1.02. The van der Waals surface area contributed by atoms with Crippen molar-refractivity contribution in [3.8, 4) is 0 Å². The van der Waals surface area contributed by atoms with Crippen molar-refractivity contribution in [1.29, 1.82) is 0 Å². The number of hydrogen-bond acceptors (Lipinski definition) is 5.